The molecular weight excluding hydrogens is 368 g/mol. The number of rotatable bonds is 5. The molecule has 0 saturated carbocycles. The maximum absolute atomic E-state index is 12.9. The lowest BCUT2D eigenvalue weighted by Gasteiger charge is -2.36. The minimum absolute atomic E-state index is 0.0127. The summed E-state index contributed by atoms with van der Waals surface area (Å²) in [6.07, 6.45) is 7.02. The molecule has 29 heavy (non-hydrogen) atoms. The van der Waals surface area contributed by atoms with Crippen LogP contribution in [0.25, 0.3) is 0 Å². The fourth-order valence-corrected chi connectivity index (χ4v) is 4.11. The number of urea groups is 1. The molecular formula is C22H24N4O3. The zero-order chi connectivity index (χ0) is 20.2. The highest BCUT2D eigenvalue weighted by atomic mass is 16.2. The molecule has 1 aromatic carbocycles. The first-order valence-corrected chi connectivity index (χ1v) is 10.0. The maximum Gasteiger partial charge on any atom is 0.329 e. The van der Waals surface area contributed by atoms with Crippen molar-refractivity contribution < 1.29 is 14.4 Å². The van der Waals surface area contributed by atoms with Crippen LogP contribution in [0.5, 0.6) is 0 Å². The summed E-state index contributed by atoms with van der Waals surface area (Å²) >= 11 is 0. The summed E-state index contributed by atoms with van der Waals surface area (Å²) in [5, 5.41) is 2.71. The number of nitrogens with zero attached hydrogens (tertiary/aromatic N) is 3. The van der Waals surface area contributed by atoms with Crippen molar-refractivity contribution in [1.82, 2.24) is 15.2 Å². The largest absolute Gasteiger partial charge is 0.336 e. The number of nitrogens with one attached hydrogen (secondary N) is 1. The van der Waals surface area contributed by atoms with Crippen LogP contribution in [0, 0.1) is 0 Å². The normalized spacial score (nSPS) is 21.9. The molecule has 4 rings (SSSR count). The molecule has 7 nitrogen and oxygen atoms in total. The standard InChI is InChI=1S/C22H24N4O3/c27-20(25-14-5-4-10-19(25)16-7-6-13-23-15-16)12-11-18-21(28)26(22(29)24-18)17-8-2-1-3-9-17/h1-3,6-9,13,15,18-19H,4-5,10-12,14H2,(H,24,29)/t18-,19+/m0/s1. The van der Waals surface area contributed by atoms with E-state index in [1.54, 1.807) is 30.5 Å². The Bertz CT molecular complexity index is 887. The first-order valence-electron chi connectivity index (χ1n) is 10.0. The highest BCUT2D eigenvalue weighted by molar-refractivity contribution is 6.21. The van der Waals surface area contributed by atoms with Crippen molar-refractivity contribution in [1.29, 1.82) is 0 Å². The minimum atomic E-state index is -0.673. The third-order valence-electron chi connectivity index (χ3n) is 5.57. The van der Waals surface area contributed by atoms with E-state index in [1.807, 2.05) is 29.3 Å². The van der Waals surface area contributed by atoms with Crippen molar-refractivity contribution in [3.63, 3.8) is 0 Å². The fourth-order valence-electron chi connectivity index (χ4n) is 4.11. The second kappa shape index (κ2) is 8.43. The van der Waals surface area contributed by atoms with E-state index < -0.39 is 12.1 Å². The Hall–Kier alpha value is -3.22. The molecule has 2 saturated heterocycles. The molecule has 2 aliphatic rings. The number of carbonyl (C=O) groups excluding carboxylic acids is 3. The van der Waals surface area contributed by atoms with Gasteiger partial charge in [0.15, 0.2) is 0 Å². The predicted octanol–water partition coefficient (Wildman–Crippen LogP) is 3.04. The SMILES string of the molecule is O=C1N[C@@H](CCC(=O)N2CCCC[C@@H]2c2cccnc2)C(=O)N1c1ccccc1. The van der Waals surface area contributed by atoms with Crippen molar-refractivity contribution in [2.45, 2.75) is 44.2 Å². The van der Waals surface area contributed by atoms with Gasteiger partial charge in [0, 0.05) is 25.4 Å². The van der Waals surface area contributed by atoms with Gasteiger partial charge in [-0.05, 0) is 49.4 Å². The lowest BCUT2D eigenvalue weighted by Crippen LogP contribution is -2.39. The summed E-state index contributed by atoms with van der Waals surface area (Å²) in [7, 11) is 0. The van der Waals surface area contributed by atoms with Crippen LogP contribution in [0.15, 0.2) is 54.9 Å². The summed E-state index contributed by atoms with van der Waals surface area (Å²) in [6, 6.07) is 11.6. The van der Waals surface area contributed by atoms with E-state index in [9.17, 15) is 14.4 Å². The van der Waals surface area contributed by atoms with E-state index in [4.69, 9.17) is 0 Å². The van der Waals surface area contributed by atoms with Crippen molar-refractivity contribution >= 4 is 23.5 Å². The molecule has 0 radical (unpaired) electrons. The van der Waals surface area contributed by atoms with E-state index in [2.05, 4.69) is 10.3 Å². The van der Waals surface area contributed by atoms with Gasteiger partial charge in [0.2, 0.25) is 5.91 Å². The molecule has 2 aromatic rings. The topological polar surface area (TPSA) is 82.6 Å². The zero-order valence-electron chi connectivity index (χ0n) is 16.2. The Morgan fingerprint density at radius 1 is 1.10 bits per heavy atom. The van der Waals surface area contributed by atoms with E-state index in [-0.39, 0.29) is 24.3 Å². The number of likely N-dealkylation sites (tertiary alicyclic amines) is 1. The first-order chi connectivity index (χ1) is 14.1. The Balaban J connectivity index is 1.40. The summed E-state index contributed by atoms with van der Waals surface area (Å²) in [5.74, 6) is -0.296. The minimum Gasteiger partial charge on any atom is -0.336 e. The second-order valence-corrected chi connectivity index (χ2v) is 7.44. The molecule has 0 aliphatic carbocycles. The van der Waals surface area contributed by atoms with Crippen molar-refractivity contribution in [3.8, 4) is 0 Å². The van der Waals surface area contributed by atoms with Gasteiger partial charge in [-0.3, -0.25) is 14.6 Å². The average Bonchev–Trinajstić information content (AvgIpc) is 3.06. The summed E-state index contributed by atoms with van der Waals surface area (Å²) in [4.78, 5) is 45.1. The summed E-state index contributed by atoms with van der Waals surface area (Å²) < 4.78 is 0. The Morgan fingerprint density at radius 2 is 1.93 bits per heavy atom. The van der Waals surface area contributed by atoms with Crippen LogP contribution in [0.2, 0.25) is 0 Å². The van der Waals surface area contributed by atoms with Crippen LogP contribution >= 0.6 is 0 Å². The van der Waals surface area contributed by atoms with Crippen LogP contribution in [-0.2, 0) is 9.59 Å². The number of piperidine rings is 1. The molecule has 2 atom stereocenters. The van der Waals surface area contributed by atoms with Gasteiger partial charge < -0.3 is 10.2 Å². The second-order valence-electron chi connectivity index (χ2n) is 7.44. The molecule has 0 spiro atoms. The molecule has 0 unspecified atom stereocenters. The average molecular weight is 392 g/mol. The molecule has 2 fully saturated rings. The van der Waals surface area contributed by atoms with Crippen molar-refractivity contribution in [3.05, 3.63) is 60.4 Å². The van der Waals surface area contributed by atoms with Gasteiger partial charge in [-0.25, -0.2) is 9.69 Å². The monoisotopic (exact) mass is 392 g/mol. The third-order valence-corrected chi connectivity index (χ3v) is 5.57. The van der Waals surface area contributed by atoms with E-state index in [0.29, 0.717) is 18.7 Å². The molecule has 150 valence electrons. The lowest BCUT2D eigenvalue weighted by molar-refractivity contribution is -0.135. The number of benzene rings is 1. The Morgan fingerprint density at radius 3 is 2.69 bits per heavy atom. The smallest absolute Gasteiger partial charge is 0.329 e. The third kappa shape index (κ3) is 3.99. The summed E-state index contributed by atoms with van der Waals surface area (Å²) in [5.41, 5.74) is 1.58. The van der Waals surface area contributed by atoms with E-state index >= 15 is 0 Å². The highest BCUT2D eigenvalue weighted by Gasteiger charge is 2.39. The van der Waals surface area contributed by atoms with Gasteiger partial charge in [0.1, 0.15) is 6.04 Å². The van der Waals surface area contributed by atoms with Gasteiger partial charge in [0.05, 0.1) is 11.7 Å². The molecule has 1 N–H and O–H groups in total. The number of carbonyl (C=O) groups is 3. The number of pyridine rings is 1. The number of aromatic nitrogens is 1. The van der Waals surface area contributed by atoms with Gasteiger partial charge in [0.25, 0.3) is 5.91 Å². The van der Waals surface area contributed by atoms with Gasteiger partial charge in [-0.15, -0.1) is 0 Å². The lowest BCUT2D eigenvalue weighted by atomic mass is 9.95. The van der Waals surface area contributed by atoms with Crippen LogP contribution in [0.3, 0.4) is 0 Å². The number of hydrogen-bond acceptors (Lipinski definition) is 4. The van der Waals surface area contributed by atoms with Crippen LogP contribution in [0.4, 0.5) is 10.5 Å². The number of para-hydroxylation sites is 1. The number of hydrogen-bond donors (Lipinski definition) is 1. The quantitative estimate of drug-likeness (QED) is 0.793. The molecule has 3 heterocycles. The molecule has 2 aliphatic heterocycles. The number of imide groups is 1. The Labute approximate surface area is 169 Å². The molecule has 1 aromatic heterocycles. The van der Waals surface area contributed by atoms with Crippen molar-refractivity contribution in [2.75, 3.05) is 11.4 Å². The summed E-state index contributed by atoms with van der Waals surface area (Å²) in [6.45, 7) is 0.708. The molecule has 4 amide bonds. The molecule has 7 heteroatoms. The number of anilines is 1. The predicted molar refractivity (Wildman–Crippen MR) is 108 cm³/mol. The van der Waals surface area contributed by atoms with Crippen LogP contribution < -0.4 is 10.2 Å². The highest BCUT2D eigenvalue weighted by Crippen LogP contribution is 2.31. The van der Waals surface area contributed by atoms with E-state index in [1.165, 1.54) is 0 Å². The maximum atomic E-state index is 12.9. The van der Waals surface area contributed by atoms with Crippen molar-refractivity contribution in [2.24, 2.45) is 0 Å². The Kier molecular flexibility index (Phi) is 5.55. The zero-order valence-corrected chi connectivity index (χ0v) is 16.2. The molecule has 0 bridgehead atoms. The van der Waals surface area contributed by atoms with Gasteiger partial charge in [-0.1, -0.05) is 24.3 Å². The number of amides is 4. The van der Waals surface area contributed by atoms with Gasteiger partial charge in [-0.2, -0.15) is 0 Å². The first kappa shape index (κ1) is 19.1. The van der Waals surface area contributed by atoms with Crippen LogP contribution in [-0.4, -0.2) is 40.3 Å². The van der Waals surface area contributed by atoms with Gasteiger partial charge >= 0.3 is 6.03 Å². The van der Waals surface area contributed by atoms with Crippen LogP contribution in [0.1, 0.15) is 43.7 Å². The fraction of sp³-hybridized carbons (Fsp3) is 0.364. The van der Waals surface area contributed by atoms with E-state index in [0.717, 1.165) is 29.7 Å².